The van der Waals surface area contributed by atoms with E-state index in [1.165, 1.54) is 12.1 Å². The molecule has 1 N–H and O–H groups in total. The highest BCUT2D eigenvalue weighted by molar-refractivity contribution is 5.28. The molecule has 0 aliphatic heterocycles. The molecular formula is C17H25FN2O. The van der Waals surface area contributed by atoms with Gasteiger partial charge in [0.05, 0.1) is 12.2 Å². The summed E-state index contributed by atoms with van der Waals surface area (Å²) >= 11 is 0. The smallest absolute Gasteiger partial charge is 0.123 e. The number of halogens is 1. The third-order valence-electron chi connectivity index (χ3n) is 3.26. The van der Waals surface area contributed by atoms with Crippen molar-refractivity contribution in [2.45, 2.75) is 40.2 Å². The zero-order valence-corrected chi connectivity index (χ0v) is 13.4. The molecule has 1 aromatic rings. The molecule has 1 rings (SSSR count). The molecule has 21 heavy (non-hydrogen) atoms. The van der Waals surface area contributed by atoms with Gasteiger partial charge in [-0.2, -0.15) is 5.26 Å². The predicted molar refractivity (Wildman–Crippen MR) is 82.2 cm³/mol. The van der Waals surface area contributed by atoms with Crippen molar-refractivity contribution in [3.05, 3.63) is 35.1 Å². The fraction of sp³-hybridized carbons (Fsp3) is 0.588. The molecule has 1 atom stereocenters. The van der Waals surface area contributed by atoms with Gasteiger partial charge in [-0.3, -0.25) is 4.90 Å². The Kier molecular flexibility index (Phi) is 6.32. The van der Waals surface area contributed by atoms with E-state index in [0.717, 1.165) is 17.7 Å². The molecule has 3 nitrogen and oxygen atoms in total. The summed E-state index contributed by atoms with van der Waals surface area (Å²) in [5, 5.41) is 19.2. The number of hydrogen-bond donors (Lipinski definition) is 1. The number of nitrogens with zero attached hydrogens (tertiary/aromatic N) is 2. The summed E-state index contributed by atoms with van der Waals surface area (Å²) in [4.78, 5) is 2.09. The monoisotopic (exact) mass is 292 g/mol. The Morgan fingerprint density at radius 2 is 2.05 bits per heavy atom. The Balaban J connectivity index is 2.79. The molecule has 0 bridgehead atoms. The molecule has 116 valence electrons. The molecular weight excluding hydrogens is 267 g/mol. The van der Waals surface area contributed by atoms with Crippen LogP contribution in [-0.4, -0.2) is 29.6 Å². The molecule has 1 unspecified atom stereocenters. The summed E-state index contributed by atoms with van der Waals surface area (Å²) in [6, 6.07) is 6.58. The average molecular weight is 292 g/mol. The van der Waals surface area contributed by atoms with E-state index < -0.39 is 6.10 Å². The number of rotatable bonds is 6. The van der Waals surface area contributed by atoms with Crippen molar-refractivity contribution in [1.29, 1.82) is 5.26 Å². The van der Waals surface area contributed by atoms with Crippen LogP contribution in [0.25, 0.3) is 0 Å². The number of aliphatic hydroxyl groups is 1. The van der Waals surface area contributed by atoms with Crippen LogP contribution in [0.3, 0.4) is 0 Å². The van der Waals surface area contributed by atoms with Gasteiger partial charge < -0.3 is 5.11 Å². The highest BCUT2D eigenvalue weighted by atomic mass is 19.1. The van der Waals surface area contributed by atoms with Gasteiger partial charge in [-0.05, 0) is 35.6 Å². The first-order valence-electron chi connectivity index (χ1n) is 7.26. The third-order valence-corrected chi connectivity index (χ3v) is 3.26. The number of benzene rings is 1. The van der Waals surface area contributed by atoms with Crippen molar-refractivity contribution >= 4 is 0 Å². The molecule has 0 spiro atoms. The topological polar surface area (TPSA) is 47.3 Å². The Morgan fingerprint density at radius 1 is 1.38 bits per heavy atom. The van der Waals surface area contributed by atoms with Gasteiger partial charge in [0.1, 0.15) is 5.82 Å². The lowest BCUT2D eigenvalue weighted by molar-refractivity contribution is 0.0928. The van der Waals surface area contributed by atoms with Gasteiger partial charge in [0, 0.05) is 26.1 Å². The summed E-state index contributed by atoms with van der Waals surface area (Å²) in [6.07, 6.45) is -0.239. The fourth-order valence-corrected chi connectivity index (χ4v) is 2.47. The molecule has 0 saturated carbocycles. The van der Waals surface area contributed by atoms with Crippen molar-refractivity contribution in [3.63, 3.8) is 0 Å². The van der Waals surface area contributed by atoms with Crippen molar-refractivity contribution in [2.75, 3.05) is 19.6 Å². The lowest BCUT2D eigenvalue weighted by Gasteiger charge is -2.31. The first kappa shape index (κ1) is 17.6. The Labute approximate surface area is 127 Å². The third kappa shape index (κ3) is 6.24. The van der Waals surface area contributed by atoms with E-state index in [1.54, 1.807) is 13.0 Å². The minimum absolute atomic E-state index is 0.0903. The van der Waals surface area contributed by atoms with E-state index in [4.69, 9.17) is 5.26 Å². The molecule has 0 amide bonds. The molecule has 0 heterocycles. The largest absolute Gasteiger partial charge is 0.387 e. The van der Waals surface area contributed by atoms with Gasteiger partial charge in [0.2, 0.25) is 0 Å². The number of aliphatic hydroxyl groups excluding tert-OH is 1. The van der Waals surface area contributed by atoms with Crippen LogP contribution >= 0.6 is 0 Å². The van der Waals surface area contributed by atoms with E-state index >= 15 is 0 Å². The normalized spacial score (nSPS) is 13.2. The van der Waals surface area contributed by atoms with Crippen molar-refractivity contribution < 1.29 is 9.50 Å². The summed E-state index contributed by atoms with van der Waals surface area (Å²) in [5.74, 6) is -0.292. The molecule has 0 radical (unpaired) electrons. The maximum atomic E-state index is 13.1. The van der Waals surface area contributed by atoms with E-state index in [9.17, 15) is 9.50 Å². The Morgan fingerprint density at radius 3 is 2.57 bits per heavy atom. The molecule has 0 saturated heterocycles. The summed E-state index contributed by atoms with van der Waals surface area (Å²) < 4.78 is 13.1. The Bertz CT molecular complexity index is 502. The van der Waals surface area contributed by atoms with E-state index in [1.807, 2.05) is 0 Å². The second-order valence-corrected chi connectivity index (χ2v) is 6.72. The molecule has 0 aliphatic carbocycles. The average Bonchev–Trinajstić information content (AvgIpc) is 2.33. The first-order chi connectivity index (χ1) is 9.73. The van der Waals surface area contributed by atoms with E-state index in [-0.39, 0.29) is 11.2 Å². The van der Waals surface area contributed by atoms with Gasteiger partial charge in [0.15, 0.2) is 0 Å². The summed E-state index contributed by atoms with van der Waals surface area (Å²) in [5.41, 5.74) is 1.58. The zero-order valence-electron chi connectivity index (χ0n) is 13.4. The summed E-state index contributed by atoms with van der Waals surface area (Å²) in [6.45, 7) is 10.1. The lowest BCUT2D eigenvalue weighted by atomic mass is 9.95. The van der Waals surface area contributed by atoms with Crippen molar-refractivity contribution in [1.82, 2.24) is 4.90 Å². The van der Waals surface area contributed by atoms with Gasteiger partial charge in [-0.25, -0.2) is 4.39 Å². The van der Waals surface area contributed by atoms with E-state index in [2.05, 4.69) is 31.7 Å². The van der Waals surface area contributed by atoms with Gasteiger partial charge in [-0.15, -0.1) is 0 Å². The fourth-order valence-electron chi connectivity index (χ4n) is 2.47. The number of nitriles is 1. The molecule has 1 aromatic carbocycles. The summed E-state index contributed by atoms with van der Waals surface area (Å²) in [7, 11) is 0. The lowest BCUT2D eigenvalue weighted by Crippen LogP contribution is -2.36. The van der Waals surface area contributed by atoms with Gasteiger partial charge >= 0.3 is 0 Å². The maximum absolute atomic E-state index is 13.1. The predicted octanol–water partition coefficient (Wildman–Crippen LogP) is 3.43. The van der Waals surface area contributed by atoms with Crippen molar-refractivity contribution in [3.8, 4) is 6.07 Å². The first-order valence-corrected chi connectivity index (χ1v) is 7.26. The van der Waals surface area contributed by atoms with Crippen LogP contribution in [0.5, 0.6) is 0 Å². The van der Waals surface area contributed by atoms with Crippen LogP contribution in [0.2, 0.25) is 0 Å². The zero-order chi connectivity index (χ0) is 16.0. The highest BCUT2D eigenvalue weighted by Crippen LogP contribution is 2.22. The maximum Gasteiger partial charge on any atom is 0.123 e. The molecule has 0 aliphatic rings. The van der Waals surface area contributed by atoms with Crippen LogP contribution in [0.4, 0.5) is 4.39 Å². The minimum Gasteiger partial charge on any atom is -0.387 e. The number of aryl methyl sites for hydroxylation is 1. The van der Waals surface area contributed by atoms with Crippen LogP contribution in [0, 0.1) is 29.5 Å². The highest BCUT2D eigenvalue weighted by Gasteiger charge is 2.20. The molecule has 0 fully saturated rings. The van der Waals surface area contributed by atoms with Crippen LogP contribution in [0.15, 0.2) is 18.2 Å². The SMILES string of the molecule is Cc1cc(F)ccc1C(O)CN(CCC#N)CC(C)(C)C. The number of hydrogen-bond acceptors (Lipinski definition) is 3. The van der Waals surface area contributed by atoms with E-state index in [0.29, 0.717) is 19.5 Å². The van der Waals surface area contributed by atoms with Gasteiger partial charge in [-0.1, -0.05) is 26.8 Å². The molecule has 4 heteroatoms. The Hall–Kier alpha value is -1.44. The van der Waals surface area contributed by atoms with Crippen LogP contribution in [-0.2, 0) is 0 Å². The van der Waals surface area contributed by atoms with Crippen molar-refractivity contribution in [2.24, 2.45) is 5.41 Å². The van der Waals surface area contributed by atoms with Gasteiger partial charge in [0.25, 0.3) is 0 Å². The van der Waals surface area contributed by atoms with Crippen LogP contribution < -0.4 is 0 Å². The van der Waals surface area contributed by atoms with Crippen LogP contribution in [0.1, 0.15) is 44.4 Å². The standard InChI is InChI=1S/C17H25FN2O/c1-13-10-14(18)6-7-15(13)16(21)11-20(9-5-8-19)12-17(2,3)4/h6-7,10,16,21H,5,9,11-12H2,1-4H3. The second-order valence-electron chi connectivity index (χ2n) is 6.72. The second kappa shape index (κ2) is 7.53. The minimum atomic E-state index is -0.674. The quantitative estimate of drug-likeness (QED) is 0.874. The molecule has 0 aromatic heterocycles.